The summed E-state index contributed by atoms with van der Waals surface area (Å²) in [6.07, 6.45) is 0.872. The van der Waals surface area contributed by atoms with Crippen molar-refractivity contribution in [2.24, 2.45) is 5.92 Å². The van der Waals surface area contributed by atoms with Crippen LogP contribution in [0.2, 0.25) is 0 Å². The number of nitrogens with two attached hydrogens (primary N) is 1. The van der Waals surface area contributed by atoms with Crippen LogP contribution in [-0.2, 0) is 0 Å². The minimum Gasteiger partial charge on any atom is -0.374 e. The molecule has 1 fully saturated rings. The van der Waals surface area contributed by atoms with E-state index in [1.165, 1.54) is 11.3 Å². The summed E-state index contributed by atoms with van der Waals surface area (Å²) in [7, 11) is 0. The van der Waals surface area contributed by atoms with E-state index in [2.05, 4.69) is 10.2 Å². The van der Waals surface area contributed by atoms with Crippen molar-refractivity contribution in [1.82, 2.24) is 10.2 Å². The standard InChI is InChI=1S/C6H7Cl2N3S2/c7-6(8)1-3(6)2-12-5-11-10-4(9)13-5/h3H,1-2H2,(H2,9,10)/t3-/m0/s1. The molecule has 1 aromatic rings. The zero-order chi connectivity index (χ0) is 9.47. The number of rotatable bonds is 3. The number of nitrogen functional groups attached to an aromatic ring is 1. The van der Waals surface area contributed by atoms with Gasteiger partial charge in [-0.2, -0.15) is 0 Å². The van der Waals surface area contributed by atoms with Crippen molar-refractivity contribution in [3.8, 4) is 0 Å². The summed E-state index contributed by atoms with van der Waals surface area (Å²) >= 11 is 14.7. The molecule has 0 amide bonds. The highest BCUT2D eigenvalue weighted by atomic mass is 35.5. The Morgan fingerprint density at radius 3 is 2.77 bits per heavy atom. The fourth-order valence-electron chi connectivity index (χ4n) is 0.901. The molecule has 1 heterocycles. The highest BCUT2D eigenvalue weighted by Gasteiger charge is 2.51. The minimum atomic E-state index is -0.497. The third-order valence-electron chi connectivity index (χ3n) is 1.79. The molecule has 1 atom stereocenters. The number of anilines is 1. The molecule has 2 rings (SSSR count). The van der Waals surface area contributed by atoms with Crippen LogP contribution in [0.1, 0.15) is 6.42 Å². The van der Waals surface area contributed by atoms with E-state index in [0.717, 1.165) is 16.5 Å². The number of thioether (sulfide) groups is 1. The van der Waals surface area contributed by atoms with Gasteiger partial charge in [-0.25, -0.2) is 0 Å². The second kappa shape index (κ2) is 3.46. The topological polar surface area (TPSA) is 51.8 Å². The van der Waals surface area contributed by atoms with Gasteiger partial charge in [0.1, 0.15) is 4.33 Å². The average molecular weight is 256 g/mol. The molecule has 72 valence electrons. The number of hydrogen-bond donors (Lipinski definition) is 1. The summed E-state index contributed by atoms with van der Waals surface area (Å²) in [4.78, 5) is 0. The fraction of sp³-hybridized carbons (Fsp3) is 0.667. The van der Waals surface area contributed by atoms with Crippen molar-refractivity contribution in [3.05, 3.63) is 0 Å². The van der Waals surface area contributed by atoms with Crippen LogP contribution >= 0.6 is 46.3 Å². The van der Waals surface area contributed by atoms with Crippen LogP contribution < -0.4 is 5.73 Å². The monoisotopic (exact) mass is 255 g/mol. The molecule has 1 aliphatic carbocycles. The van der Waals surface area contributed by atoms with E-state index in [0.29, 0.717) is 11.0 Å². The molecule has 3 nitrogen and oxygen atoms in total. The van der Waals surface area contributed by atoms with Crippen LogP contribution in [0, 0.1) is 5.92 Å². The van der Waals surface area contributed by atoms with Crippen molar-refractivity contribution < 1.29 is 0 Å². The van der Waals surface area contributed by atoms with E-state index in [1.807, 2.05) is 0 Å². The Balaban J connectivity index is 1.81. The van der Waals surface area contributed by atoms with Crippen molar-refractivity contribution in [2.75, 3.05) is 11.5 Å². The van der Waals surface area contributed by atoms with Crippen LogP contribution in [0.25, 0.3) is 0 Å². The third-order valence-corrected chi connectivity index (χ3v) is 4.76. The molecule has 1 aromatic heterocycles. The molecular weight excluding hydrogens is 249 g/mol. The summed E-state index contributed by atoms with van der Waals surface area (Å²) < 4.78 is 0.386. The zero-order valence-electron chi connectivity index (χ0n) is 6.54. The van der Waals surface area contributed by atoms with E-state index in [-0.39, 0.29) is 0 Å². The molecule has 1 saturated carbocycles. The molecule has 0 saturated heterocycles. The van der Waals surface area contributed by atoms with Crippen molar-refractivity contribution in [1.29, 1.82) is 0 Å². The van der Waals surface area contributed by atoms with Gasteiger partial charge in [-0.3, -0.25) is 0 Å². The molecule has 0 aliphatic heterocycles. The van der Waals surface area contributed by atoms with E-state index >= 15 is 0 Å². The Morgan fingerprint density at radius 2 is 2.31 bits per heavy atom. The van der Waals surface area contributed by atoms with E-state index in [4.69, 9.17) is 28.9 Å². The zero-order valence-corrected chi connectivity index (χ0v) is 9.68. The molecular formula is C6H7Cl2N3S2. The van der Waals surface area contributed by atoms with Crippen LogP contribution in [-0.4, -0.2) is 20.3 Å². The van der Waals surface area contributed by atoms with E-state index in [9.17, 15) is 0 Å². The number of alkyl halides is 2. The summed E-state index contributed by atoms with van der Waals surface area (Å²) in [5, 5.41) is 8.10. The summed E-state index contributed by atoms with van der Waals surface area (Å²) in [6.45, 7) is 0. The molecule has 7 heteroatoms. The molecule has 0 radical (unpaired) electrons. The largest absolute Gasteiger partial charge is 0.374 e. The highest BCUT2D eigenvalue weighted by molar-refractivity contribution is 8.01. The number of nitrogens with zero attached hydrogens (tertiary/aromatic N) is 2. The molecule has 13 heavy (non-hydrogen) atoms. The van der Waals surface area contributed by atoms with E-state index in [1.54, 1.807) is 11.8 Å². The van der Waals surface area contributed by atoms with Gasteiger partial charge in [0.2, 0.25) is 5.13 Å². The van der Waals surface area contributed by atoms with Crippen molar-refractivity contribution >= 4 is 51.4 Å². The first-order chi connectivity index (χ1) is 6.08. The maximum absolute atomic E-state index is 5.87. The van der Waals surface area contributed by atoms with Crippen LogP contribution in [0.15, 0.2) is 4.34 Å². The second-order valence-corrected chi connectivity index (χ2v) is 6.70. The Bertz CT molecular complexity index is 315. The third kappa shape index (κ3) is 2.40. The quantitative estimate of drug-likeness (QED) is 0.666. The molecule has 0 aromatic carbocycles. The van der Waals surface area contributed by atoms with E-state index < -0.39 is 4.33 Å². The minimum absolute atomic E-state index is 0.381. The lowest BCUT2D eigenvalue weighted by Crippen LogP contribution is -1.92. The number of aromatic nitrogens is 2. The van der Waals surface area contributed by atoms with Gasteiger partial charge in [0.05, 0.1) is 0 Å². The molecule has 0 spiro atoms. The lowest BCUT2D eigenvalue weighted by molar-refractivity contribution is 0.968. The highest BCUT2D eigenvalue weighted by Crippen LogP contribution is 2.54. The Kier molecular flexibility index (Phi) is 2.61. The van der Waals surface area contributed by atoms with Gasteiger partial charge < -0.3 is 5.73 Å². The predicted molar refractivity (Wildman–Crippen MR) is 57.6 cm³/mol. The van der Waals surface area contributed by atoms with Crippen LogP contribution in [0.5, 0.6) is 0 Å². The van der Waals surface area contributed by atoms with Crippen molar-refractivity contribution in [2.45, 2.75) is 15.1 Å². The Labute approximate surface area is 94.0 Å². The van der Waals surface area contributed by atoms with Gasteiger partial charge >= 0.3 is 0 Å². The van der Waals surface area contributed by atoms with Gasteiger partial charge in [-0.15, -0.1) is 33.4 Å². The fourth-order valence-corrected chi connectivity index (χ4v) is 3.49. The number of hydrogen-bond acceptors (Lipinski definition) is 5. The first-order valence-corrected chi connectivity index (χ1v) is 6.23. The van der Waals surface area contributed by atoms with Crippen LogP contribution in [0.4, 0.5) is 5.13 Å². The SMILES string of the molecule is Nc1nnc(SC[C@@H]2CC2(Cl)Cl)s1. The summed E-state index contributed by atoms with van der Waals surface area (Å²) in [5.41, 5.74) is 5.43. The first kappa shape index (κ1) is 9.83. The average Bonchev–Trinajstić information content (AvgIpc) is 2.45. The normalized spacial score (nSPS) is 24.6. The maximum Gasteiger partial charge on any atom is 0.203 e. The molecule has 2 N–H and O–H groups in total. The summed E-state index contributed by atoms with van der Waals surface area (Å²) in [6, 6.07) is 0. The lowest BCUT2D eigenvalue weighted by Gasteiger charge is -1.95. The second-order valence-electron chi connectivity index (χ2n) is 2.88. The maximum atomic E-state index is 5.87. The van der Waals surface area contributed by atoms with Gasteiger partial charge in [-0.1, -0.05) is 23.1 Å². The summed E-state index contributed by atoms with van der Waals surface area (Å²) in [5.74, 6) is 1.27. The number of halogens is 2. The van der Waals surface area contributed by atoms with Gasteiger partial charge in [0.15, 0.2) is 4.34 Å². The van der Waals surface area contributed by atoms with Crippen molar-refractivity contribution in [3.63, 3.8) is 0 Å². The van der Waals surface area contributed by atoms with Gasteiger partial charge in [0, 0.05) is 11.7 Å². The molecule has 0 bridgehead atoms. The van der Waals surface area contributed by atoms with Gasteiger partial charge in [0.25, 0.3) is 0 Å². The van der Waals surface area contributed by atoms with Crippen LogP contribution in [0.3, 0.4) is 0 Å². The Hall–Kier alpha value is 0.290. The first-order valence-electron chi connectivity index (χ1n) is 3.67. The predicted octanol–water partition coefficient (Wildman–Crippen LogP) is 2.41. The van der Waals surface area contributed by atoms with Gasteiger partial charge in [-0.05, 0) is 6.42 Å². The Morgan fingerprint density at radius 1 is 1.62 bits per heavy atom. The smallest absolute Gasteiger partial charge is 0.203 e. The lowest BCUT2D eigenvalue weighted by atomic mass is 10.5. The molecule has 0 unspecified atom stereocenters. The molecule has 1 aliphatic rings.